The molecule has 0 spiro atoms. The molecule has 1 aliphatic heterocycles. The normalized spacial score (nSPS) is 18.7. The van der Waals surface area contributed by atoms with Crippen LogP contribution in [0.5, 0.6) is 11.5 Å². The van der Waals surface area contributed by atoms with Crippen LogP contribution in [0.4, 0.5) is 10.5 Å². The molecule has 3 heterocycles. The molecule has 0 N–H and O–H groups in total. The van der Waals surface area contributed by atoms with Gasteiger partial charge in [0.15, 0.2) is 0 Å². The summed E-state index contributed by atoms with van der Waals surface area (Å²) < 4.78 is 28.6. The Morgan fingerprint density at radius 1 is 1.15 bits per heavy atom. The van der Waals surface area contributed by atoms with E-state index >= 15 is 0 Å². The number of nitro benzene ring substituents is 1. The standard InChI is InChI=1S/C27H29N5O9/c1-31-22(15-39-27(34)41-19-8-6-18(7-9-19)32(35)36)25(29-30-31)21-10-11-23(24(28-21)17-13-38-14-17)40-20-5-3-4-16(12-20)26(33)37-2/h6-11,16-17,20H,3-5,12-15H2,1-2H3/t16-,20-/m0/s1. The van der Waals surface area contributed by atoms with E-state index in [4.69, 9.17) is 28.7 Å². The SMILES string of the molecule is COC(=O)[C@H]1CCC[C@H](Oc2ccc(-c3nnn(C)c3COC(=O)Oc3ccc([N+](=O)[O-])cc3)nc2C2COC2)C1. The maximum atomic E-state index is 12.3. The van der Waals surface area contributed by atoms with Gasteiger partial charge in [0.2, 0.25) is 0 Å². The van der Waals surface area contributed by atoms with E-state index < -0.39 is 11.1 Å². The van der Waals surface area contributed by atoms with Crippen molar-refractivity contribution in [2.45, 2.75) is 44.3 Å². The first kappa shape index (κ1) is 28.0. The highest BCUT2D eigenvalue weighted by Gasteiger charge is 2.32. The first-order valence-electron chi connectivity index (χ1n) is 13.1. The van der Waals surface area contributed by atoms with Crippen LogP contribution < -0.4 is 9.47 Å². The molecular formula is C27H29N5O9. The third kappa shape index (κ3) is 6.43. The Hall–Kier alpha value is -4.59. The number of nitrogens with zero attached hydrogens (tertiary/aromatic N) is 5. The van der Waals surface area contributed by atoms with E-state index in [0.717, 1.165) is 25.0 Å². The smallest absolute Gasteiger partial charge is 0.488 e. The summed E-state index contributed by atoms with van der Waals surface area (Å²) in [6, 6.07) is 8.65. The van der Waals surface area contributed by atoms with E-state index in [1.165, 1.54) is 36.1 Å². The Morgan fingerprint density at radius 2 is 1.93 bits per heavy atom. The second-order valence-corrected chi connectivity index (χ2v) is 9.84. The van der Waals surface area contributed by atoms with Gasteiger partial charge in [-0.1, -0.05) is 5.21 Å². The number of aromatic nitrogens is 4. The number of ether oxygens (including phenoxy) is 5. The number of esters is 1. The minimum atomic E-state index is -0.993. The number of benzene rings is 1. The molecule has 41 heavy (non-hydrogen) atoms. The number of carbonyl (C=O) groups excluding carboxylic acids is 2. The van der Waals surface area contributed by atoms with Crippen molar-refractivity contribution in [2.75, 3.05) is 20.3 Å². The zero-order chi connectivity index (χ0) is 28.9. The van der Waals surface area contributed by atoms with Crippen molar-refractivity contribution in [3.63, 3.8) is 0 Å². The van der Waals surface area contributed by atoms with E-state index in [1.807, 2.05) is 6.07 Å². The van der Waals surface area contributed by atoms with E-state index in [2.05, 4.69) is 10.3 Å². The zero-order valence-electron chi connectivity index (χ0n) is 22.6. The lowest BCUT2D eigenvalue weighted by Gasteiger charge is -2.31. The lowest BCUT2D eigenvalue weighted by atomic mass is 9.87. The highest BCUT2D eigenvalue weighted by Crippen LogP contribution is 2.36. The second kappa shape index (κ2) is 12.3. The quantitative estimate of drug-likeness (QED) is 0.159. The fourth-order valence-corrected chi connectivity index (χ4v) is 4.82. The summed E-state index contributed by atoms with van der Waals surface area (Å²) in [5.41, 5.74) is 2.02. The number of rotatable bonds is 9. The van der Waals surface area contributed by atoms with Gasteiger partial charge in [-0.3, -0.25) is 14.9 Å². The van der Waals surface area contributed by atoms with Gasteiger partial charge in [-0.2, -0.15) is 0 Å². The zero-order valence-corrected chi connectivity index (χ0v) is 22.6. The van der Waals surface area contributed by atoms with Crippen molar-refractivity contribution < 1.29 is 38.2 Å². The first-order chi connectivity index (χ1) is 19.8. The Morgan fingerprint density at radius 3 is 2.61 bits per heavy atom. The van der Waals surface area contributed by atoms with Gasteiger partial charge < -0.3 is 23.7 Å². The summed E-state index contributed by atoms with van der Waals surface area (Å²) in [6.07, 6.45) is 1.93. The molecule has 1 aliphatic carbocycles. The van der Waals surface area contributed by atoms with Gasteiger partial charge >= 0.3 is 12.1 Å². The summed E-state index contributed by atoms with van der Waals surface area (Å²) in [4.78, 5) is 39.5. The number of non-ortho nitro benzene ring substituents is 1. The molecule has 2 aromatic heterocycles. The van der Waals surface area contributed by atoms with Gasteiger partial charge in [0.05, 0.1) is 54.6 Å². The number of methoxy groups -OCH3 is 1. The lowest BCUT2D eigenvalue weighted by molar-refractivity contribution is -0.384. The van der Waals surface area contributed by atoms with Gasteiger partial charge in [0.1, 0.15) is 29.5 Å². The predicted molar refractivity (Wildman–Crippen MR) is 140 cm³/mol. The van der Waals surface area contributed by atoms with Crippen molar-refractivity contribution in [3.8, 4) is 22.9 Å². The van der Waals surface area contributed by atoms with E-state index in [-0.39, 0.29) is 42.0 Å². The Balaban J connectivity index is 1.29. The summed E-state index contributed by atoms with van der Waals surface area (Å²) in [7, 11) is 3.06. The van der Waals surface area contributed by atoms with Crippen LogP contribution in [0.2, 0.25) is 0 Å². The van der Waals surface area contributed by atoms with Gasteiger partial charge in [-0.25, -0.2) is 14.5 Å². The number of aryl methyl sites for hydroxylation is 1. The Bertz CT molecular complexity index is 1420. The van der Waals surface area contributed by atoms with Crippen LogP contribution in [0.1, 0.15) is 43.0 Å². The summed E-state index contributed by atoms with van der Waals surface area (Å²) in [6.45, 7) is 0.809. The maximum Gasteiger partial charge on any atom is 0.514 e. The fourth-order valence-electron chi connectivity index (χ4n) is 4.82. The van der Waals surface area contributed by atoms with Crippen molar-refractivity contribution in [2.24, 2.45) is 13.0 Å². The van der Waals surface area contributed by atoms with Crippen LogP contribution in [0.3, 0.4) is 0 Å². The van der Waals surface area contributed by atoms with Gasteiger partial charge in [0, 0.05) is 19.2 Å². The molecular weight excluding hydrogens is 538 g/mol. The molecule has 14 heteroatoms. The van der Waals surface area contributed by atoms with E-state index in [0.29, 0.717) is 42.5 Å². The number of hydrogen-bond acceptors (Lipinski definition) is 12. The molecule has 0 amide bonds. The predicted octanol–water partition coefficient (Wildman–Crippen LogP) is 3.73. The number of nitro groups is 1. The van der Waals surface area contributed by atoms with Crippen molar-refractivity contribution in [1.29, 1.82) is 0 Å². The van der Waals surface area contributed by atoms with Crippen LogP contribution in [0.15, 0.2) is 36.4 Å². The topological polar surface area (TPSA) is 167 Å². The molecule has 14 nitrogen and oxygen atoms in total. The van der Waals surface area contributed by atoms with Crippen LogP contribution in [0, 0.1) is 16.0 Å². The minimum Gasteiger partial charge on any atom is -0.488 e. The largest absolute Gasteiger partial charge is 0.514 e. The number of hydrogen-bond donors (Lipinski definition) is 0. The van der Waals surface area contributed by atoms with Crippen LogP contribution in [-0.2, 0) is 32.7 Å². The monoisotopic (exact) mass is 567 g/mol. The summed E-state index contributed by atoms with van der Waals surface area (Å²) >= 11 is 0. The third-order valence-corrected chi connectivity index (χ3v) is 7.13. The van der Waals surface area contributed by atoms with Gasteiger partial charge in [0.25, 0.3) is 5.69 Å². The van der Waals surface area contributed by atoms with Gasteiger partial charge in [-0.15, -0.1) is 5.10 Å². The van der Waals surface area contributed by atoms with Crippen LogP contribution in [0.25, 0.3) is 11.4 Å². The maximum absolute atomic E-state index is 12.3. The number of carbonyl (C=O) groups is 2. The molecule has 0 bridgehead atoms. The molecule has 1 saturated carbocycles. The molecule has 0 unspecified atom stereocenters. The molecule has 1 saturated heterocycles. The molecule has 2 atom stereocenters. The number of pyridine rings is 1. The average molecular weight is 568 g/mol. The van der Waals surface area contributed by atoms with Crippen molar-refractivity contribution in [1.82, 2.24) is 20.0 Å². The third-order valence-electron chi connectivity index (χ3n) is 7.13. The van der Waals surface area contributed by atoms with Crippen molar-refractivity contribution in [3.05, 3.63) is 57.9 Å². The minimum absolute atomic E-state index is 0.0398. The Labute approximate surface area is 234 Å². The molecule has 3 aromatic rings. The fraction of sp³-hybridized carbons (Fsp3) is 0.444. The van der Waals surface area contributed by atoms with Crippen molar-refractivity contribution >= 4 is 17.8 Å². The van der Waals surface area contributed by atoms with Crippen LogP contribution in [-0.4, -0.2) is 63.5 Å². The summed E-state index contributed by atoms with van der Waals surface area (Å²) in [5.74, 6) is 0.373. The highest BCUT2D eigenvalue weighted by molar-refractivity contribution is 5.72. The molecule has 0 radical (unpaired) electrons. The molecule has 2 fully saturated rings. The average Bonchev–Trinajstić information content (AvgIpc) is 3.31. The van der Waals surface area contributed by atoms with Gasteiger partial charge in [-0.05, 0) is 49.9 Å². The van der Waals surface area contributed by atoms with Crippen LogP contribution >= 0.6 is 0 Å². The molecule has 1 aromatic carbocycles. The lowest BCUT2D eigenvalue weighted by Crippen LogP contribution is -2.32. The Kier molecular flexibility index (Phi) is 8.38. The van der Waals surface area contributed by atoms with E-state index in [9.17, 15) is 19.7 Å². The second-order valence-electron chi connectivity index (χ2n) is 9.84. The van der Waals surface area contributed by atoms with E-state index in [1.54, 1.807) is 13.1 Å². The molecule has 2 aliphatic rings. The molecule has 216 valence electrons. The molecule has 5 rings (SSSR count). The highest BCUT2D eigenvalue weighted by atomic mass is 16.7. The first-order valence-corrected chi connectivity index (χ1v) is 13.1. The summed E-state index contributed by atoms with van der Waals surface area (Å²) in [5, 5.41) is 19.1.